The van der Waals surface area contributed by atoms with Gasteiger partial charge in [-0.1, -0.05) is 0 Å². The maximum absolute atomic E-state index is 5.67. The fraction of sp³-hybridized carbons (Fsp3) is 0.625. The molecule has 2 rings (SSSR count). The van der Waals surface area contributed by atoms with E-state index in [-0.39, 0.29) is 0 Å². The molecule has 5 heteroatoms. The lowest BCUT2D eigenvalue weighted by atomic mass is 10.2. The summed E-state index contributed by atoms with van der Waals surface area (Å²) < 4.78 is 10.6. The van der Waals surface area contributed by atoms with Crippen molar-refractivity contribution in [2.75, 3.05) is 64.5 Å². The molecule has 0 atom stereocenters. The second kappa shape index (κ2) is 8.87. The van der Waals surface area contributed by atoms with Crippen molar-refractivity contribution < 1.29 is 9.47 Å². The van der Waals surface area contributed by atoms with Crippen molar-refractivity contribution in [1.82, 2.24) is 4.90 Å². The van der Waals surface area contributed by atoms with E-state index in [9.17, 15) is 0 Å². The normalized spacial score (nSPS) is 15.9. The Morgan fingerprint density at radius 2 is 1.90 bits per heavy atom. The van der Waals surface area contributed by atoms with Crippen LogP contribution in [0.3, 0.4) is 0 Å². The first-order valence-electron chi connectivity index (χ1n) is 7.72. The van der Waals surface area contributed by atoms with Crippen LogP contribution in [0.1, 0.15) is 6.42 Å². The summed E-state index contributed by atoms with van der Waals surface area (Å²) in [4.78, 5) is 4.87. The lowest BCUT2D eigenvalue weighted by molar-refractivity contribution is 0.0391. The highest BCUT2D eigenvalue weighted by atomic mass is 16.5. The molecule has 1 aliphatic heterocycles. The highest BCUT2D eigenvalue weighted by molar-refractivity contribution is 5.49. The van der Waals surface area contributed by atoms with E-state index in [1.165, 1.54) is 5.69 Å². The van der Waals surface area contributed by atoms with E-state index in [0.717, 1.165) is 64.7 Å². The number of benzene rings is 1. The number of hydrogen-bond acceptors (Lipinski definition) is 5. The minimum Gasteiger partial charge on any atom is -0.497 e. The third kappa shape index (κ3) is 5.19. The molecule has 0 saturated carbocycles. The van der Waals surface area contributed by atoms with E-state index in [1.807, 2.05) is 12.1 Å². The predicted octanol–water partition coefficient (Wildman–Crippen LogP) is 1.18. The summed E-state index contributed by atoms with van der Waals surface area (Å²) in [5.74, 6) is 0.894. The molecule has 1 saturated heterocycles. The predicted molar refractivity (Wildman–Crippen MR) is 86.1 cm³/mol. The molecule has 1 fully saturated rings. The Kier molecular flexibility index (Phi) is 6.79. The molecule has 5 nitrogen and oxygen atoms in total. The van der Waals surface area contributed by atoms with Crippen molar-refractivity contribution in [2.24, 2.45) is 5.73 Å². The quantitative estimate of drug-likeness (QED) is 0.780. The summed E-state index contributed by atoms with van der Waals surface area (Å²) in [5, 5.41) is 0. The van der Waals surface area contributed by atoms with E-state index in [1.54, 1.807) is 7.11 Å². The van der Waals surface area contributed by atoms with Crippen LogP contribution in [0.2, 0.25) is 0 Å². The molecular formula is C16H27N3O2. The number of nitrogens with two attached hydrogens (primary N) is 1. The van der Waals surface area contributed by atoms with Gasteiger partial charge in [-0.3, -0.25) is 4.90 Å². The standard InChI is InChI=1S/C16H27N3O2/c1-20-16-5-3-15(4-6-16)19(8-2-7-17)10-9-18-11-13-21-14-12-18/h3-6H,2,7-14,17H2,1H3. The van der Waals surface area contributed by atoms with E-state index in [2.05, 4.69) is 21.9 Å². The Morgan fingerprint density at radius 1 is 1.19 bits per heavy atom. The first-order chi connectivity index (χ1) is 10.3. The van der Waals surface area contributed by atoms with Gasteiger partial charge in [0.15, 0.2) is 0 Å². The van der Waals surface area contributed by atoms with E-state index in [4.69, 9.17) is 15.2 Å². The highest BCUT2D eigenvalue weighted by Gasteiger charge is 2.12. The smallest absolute Gasteiger partial charge is 0.119 e. The first kappa shape index (κ1) is 16.1. The van der Waals surface area contributed by atoms with Gasteiger partial charge in [-0.25, -0.2) is 0 Å². The van der Waals surface area contributed by atoms with E-state index >= 15 is 0 Å². The van der Waals surface area contributed by atoms with E-state index in [0.29, 0.717) is 0 Å². The van der Waals surface area contributed by atoms with Gasteiger partial charge in [-0.05, 0) is 37.2 Å². The van der Waals surface area contributed by atoms with Crippen LogP contribution in [-0.2, 0) is 4.74 Å². The van der Waals surface area contributed by atoms with Crippen LogP contribution in [0.5, 0.6) is 5.75 Å². The Morgan fingerprint density at radius 3 is 2.52 bits per heavy atom. The zero-order chi connectivity index (χ0) is 14.9. The minimum atomic E-state index is 0.726. The van der Waals surface area contributed by atoms with Crippen LogP contribution in [0, 0.1) is 0 Å². The van der Waals surface area contributed by atoms with Gasteiger partial charge in [-0.15, -0.1) is 0 Å². The molecule has 1 aromatic rings. The second-order valence-corrected chi connectivity index (χ2v) is 5.28. The molecule has 0 aromatic heterocycles. The maximum atomic E-state index is 5.67. The van der Waals surface area contributed by atoms with Gasteiger partial charge in [-0.2, -0.15) is 0 Å². The lowest BCUT2D eigenvalue weighted by Crippen LogP contribution is -2.42. The summed E-state index contributed by atoms with van der Waals surface area (Å²) in [5.41, 5.74) is 6.90. The fourth-order valence-corrected chi connectivity index (χ4v) is 2.53. The molecule has 0 unspecified atom stereocenters. The molecule has 0 aliphatic carbocycles. The van der Waals surface area contributed by atoms with Crippen molar-refractivity contribution in [3.05, 3.63) is 24.3 Å². The largest absolute Gasteiger partial charge is 0.497 e. The zero-order valence-electron chi connectivity index (χ0n) is 13.0. The van der Waals surface area contributed by atoms with Crippen LogP contribution in [0.4, 0.5) is 5.69 Å². The topological polar surface area (TPSA) is 51.0 Å². The zero-order valence-corrected chi connectivity index (χ0v) is 13.0. The number of morpholine rings is 1. The fourth-order valence-electron chi connectivity index (χ4n) is 2.53. The number of rotatable bonds is 8. The van der Waals surface area contributed by atoms with Gasteiger partial charge in [0.1, 0.15) is 5.75 Å². The summed E-state index contributed by atoms with van der Waals surface area (Å²) in [6.07, 6.45) is 1.01. The van der Waals surface area contributed by atoms with Gasteiger partial charge < -0.3 is 20.1 Å². The Labute approximate surface area is 127 Å². The molecule has 0 spiro atoms. The summed E-state index contributed by atoms with van der Waals surface area (Å²) in [6.45, 7) is 7.58. The number of anilines is 1. The Hall–Kier alpha value is -1.30. The van der Waals surface area contributed by atoms with Gasteiger partial charge in [0.05, 0.1) is 20.3 Å². The number of nitrogens with zero attached hydrogens (tertiary/aromatic N) is 2. The summed E-state index contributed by atoms with van der Waals surface area (Å²) in [7, 11) is 1.69. The van der Waals surface area contributed by atoms with Gasteiger partial charge >= 0.3 is 0 Å². The molecule has 1 aliphatic rings. The molecule has 0 bridgehead atoms. The molecule has 1 heterocycles. The SMILES string of the molecule is COc1ccc(N(CCCN)CCN2CCOCC2)cc1. The second-order valence-electron chi connectivity index (χ2n) is 5.28. The molecule has 1 aromatic carbocycles. The average molecular weight is 293 g/mol. The van der Waals surface area contributed by atoms with Crippen LogP contribution < -0.4 is 15.4 Å². The van der Waals surface area contributed by atoms with Crippen LogP contribution in [-0.4, -0.2) is 64.5 Å². The van der Waals surface area contributed by atoms with Crippen LogP contribution in [0.15, 0.2) is 24.3 Å². The number of hydrogen-bond donors (Lipinski definition) is 1. The summed E-state index contributed by atoms with van der Waals surface area (Å²) in [6, 6.07) is 8.27. The third-order valence-corrected chi connectivity index (χ3v) is 3.86. The molecule has 118 valence electrons. The molecule has 21 heavy (non-hydrogen) atoms. The Bertz CT molecular complexity index is 391. The van der Waals surface area contributed by atoms with Gasteiger partial charge in [0.2, 0.25) is 0 Å². The molecule has 2 N–H and O–H groups in total. The monoisotopic (exact) mass is 293 g/mol. The lowest BCUT2D eigenvalue weighted by Gasteiger charge is -2.31. The van der Waals surface area contributed by atoms with Crippen molar-refractivity contribution in [3.63, 3.8) is 0 Å². The third-order valence-electron chi connectivity index (χ3n) is 3.86. The molecule has 0 amide bonds. The minimum absolute atomic E-state index is 0.726. The highest BCUT2D eigenvalue weighted by Crippen LogP contribution is 2.19. The maximum Gasteiger partial charge on any atom is 0.119 e. The van der Waals surface area contributed by atoms with Gasteiger partial charge in [0, 0.05) is 38.4 Å². The Balaban J connectivity index is 1.91. The first-order valence-corrected chi connectivity index (χ1v) is 7.72. The molecular weight excluding hydrogens is 266 g/mol. The van der Waals surface area contributed by atoms with Crippen molar-refractivity contribution in [3.8, 4) is 5.75 Å². The van der Waals surface area contributed by atoms with Gasteiger partial charge in [0.25, 0.3) is 0 Å². The number of ether oxygens (including phenoxy) is 2. The van der Waals surface area contributed by atoms with Crippen molar-refractivity contribution in [2.45, 2.75) is 6.42 Å². The van der Waals surface area contributed by atoms with Crippen LogP contribution >= 0.6 is 0 Å². The van der Waals surface area contributed by atoms with Crippen molar-refractivity contribution >= 4 is 5.69 Å². The number of methoxy groups -OCH3 is 1. The molecule has 0 radical (unpaired) electrons. The van der Waals surface area contributed by atoms with Crippen LogP contribution in [0.25, 0.3) is 0 Å². The van der Waals surface area contributed by atoms with E-state index < -0.39 is 0 Å². The average Bonchev–Trinajstić information content (AvgIpc) is 2.56. The summed E-state index contributed by atoms with van der Waals surface area (Å²) >= 11 is 0. The van der Waals surface area contributed by atoms with Crippen molar-refractivity contribution in [1.29, 1.82) is 0 Å².